The Labute approximate surface area is 75.7 Å². The molecule has 0 radical (unpaired) electrons. The molecule has 1 rings (SSSR count). The zero-order chi connectivity index (χ0) is 9.84. The summed E-state index contributed by atoms with van der Waals surface area (Å²) in [6.45, 7) is 0. The third-order valence-electron chi connectivity index (χ3n) is 1.28. The second kappa shape index (κ2) is 3.94. The van der Waals surface area contributed by atoms with Crippen molar-refractivity contribution in [2.75, 3.05) is 14.2 Å². The third kappa shape index (κ3) is 2.22. The number of methoxy groups -OCH3 is 2. The van der Waals surface area contributed by atoms with Crippen molar-refractivity contribution in [3.8, 4) is 11.8 Å². The number of ether oxygens (including phenoxy) is 2. The predicted octanol–water partition coefficient (Wildman–Crippen LogP) is -0.162. The van der Waals surface area contributed by atoms with E-state index in [1.807, 2.05) is 0 Å². The maximum atomic E-state index is 10.5. The van der Waals surface area contributed by atoms with Gasteiger partial charge in [-0.25, -0.2) is 0 Å². The molecule has 0 bridgehead atoms. The number of aromatic amines is 1. The minimum Gasteiger partial charge on any atom is -0.482 e. The first-order chi connectivity index (χ1) is 6.17. The summed E-state index contributed by atoms with van der Waals surface area (Å²) in [5.74, 6) is 0.445. The second-order valence-electron chi connectivity index (χ2n) is 2.03. The maximum absolute atomic E-state index is 10.5. The number of hydrogen-bond donors (Lipinski definition) is 1. The van der Waals surface area contributed by atoms with Gasteiger partial charge in [0.15, 0.2) is 5.88 Å². The molecule has 0 aromatic carbocycles. The van der Waals surface area contributed by atoms with Crippen LogP contribution in [0.3, 0.4) is 0 Å². The molecule has 0 aliphatic carbocycles. The van der Waals surface area contributed by atoms with Crippen molar-refractivity contribution in [1.82, 2.24) is 9.97 Å². The maximum Gasteiger partial charge on any atom is 0.259 e. The van der Waals surface area contributed by atoms with E-state index < -0.39 is 10.3 Å². The molecular weight excluding hydrogens is 196 g/mol. The molecule has 0 unspecified atom stereocenters. The largest absolute Gasteiger partial charge is 0.482 e. The van der Waals surface area contributed by atoms with E-state index in [4.69, 9.17) is 9.47 Å². The van der Waals surface area contributed by atoms with Crippen LogP contribution < -0.4 is 9.47 Å². The van der Waals surface area contributed by atoms with Gasteiger partial charge in [-0.2, -0.15) is 13.4 Å². The molecule has 1 heterocycles. The van der Waals surface area contributed by atoms with Crippen molar-refractivity contribution in [2.45, 2.75) is 0 Å². The van der Waals surface area contributed by atoms with Crippen LogP contribution in [0.4, 0.5) is 0 Å². The molecule has 0 amide bonds. The van der Waals surface area contributed by atoms with Gasteiger partial charge in [-0.1, -0.05) is 0 Å². The molecule has 72 valence electrons. The summed E-state index contributed by atoms with van der Waals surface area (Å²) in [6, 6.07) is 1.44. The van der Waals surface area contributed by atoms with Gasteiger partial charge in [0.25, 0.3) is 15.1 Å². The van der Waals surface area contributed by atoms with Crippen molar-refractivity contribution in [3.63, 3.8) is 0 Å². The summed E-state index contributed by atoms with van der Waals surface area (Å²) in [7, 11) is 0.364. The van der Waals surface area contributed by atoms with E-state index in [1.54, 1.807) is 0 Å². The summed E-state index contributed by atoms with van der Waals surface area (Å²) in [5.41, 5.74) is 0. The van der Waals surface area contributed by atoms with Gasteiger partial charge in [0.05, 0.1) is 20.3 Å². The van der Waals surface area contributed by atoms with Gasteiger partial charge in [-0.15, -0.1) is 0 Å². The smallest absolute Gasteiger partial charge is 0.259 e. The molecule has 0 fully saturated rings. The Morgan fingerprint density at radius 3 is 2.54 bits per heavy atom. The monoisotopic (exact) mass is 204 g/mol. The number of aromatic nitrogens is 2. The molecule has 13 heavy (non-hydrogen) atoms. The van der Waals surface area contributed by atoms with Gasteiger partial charge in [-0.3, -0.25) is 4.98 Å². The lowest BCUT2D eigenvalue weighted by Crippen LogP contribution is -1.95. The Morgan fingerprint density at radius 2 is 2.08 bits per heavy atom. The molecule has 1 N–H and O–H groups in total. The molecule has 0 aliphatic heterocycles. The highest BCUT2D eigenvalue weighted by atomic mass is 32.2. The fourth-order valence-electron chi connectivity index (χ4n) is 0.707. The highest BCUT2D eigenvalue weighted by Gasteiger charge is 1.98. The average molecular weight is 204 g/mol. The second-order valence-corrected chi connectivity index (χ2v) is 2.89. The lowest BCUT2D eigenvalue weighted by atomic mass is 10.6. The van der Waals surface area contributed by atoms with Crippen molar-refractivity contribution >= 4 is 10.3 Å². The SMILES string of the molecule is COc1cc(OC)[nH]c(=S(=O)=O)n1. The van der Waals surface area contributed by atoms with Crippen LogP contribution in [0.25, 0.3) is 0 Å². The first-order valence-corrected chi connectivity index (χ1v) is 4.36. The zero-order valence-electron chi connectivity index (χ0n) is 7.07. The van der Waals surface area contributed by atoms with Crippen molar-refractivity contribution in [3.05, 3.63) is 10.8 Å². The molecule has 1 aromatic rings. The van der Waals surface area contributed by atoms with Crippen LogP contribution in [0.15, 0.2) is 6.07 Å². The number of rotatable bonds is 2. The van der Waals surface area contributed by atoms with E-state index in [-0.39, 0.29) is 16.5 Å². The van der Waals surface area contributed by atoms with Crippen LogP contribution in [0.2, 0.25) is 0 Å². The Balaban J connectivity index is 3.50. The van der Waals surface area contributed by atoms with E-state index >= 15 is 0 Å². The minimum atomic E-state index is -2.43. The van der Waals surface area contributed by atoms with Gasteiger partial charge in [-0.05, 0) is 0 Å². The highest BCUT2D eigenvalue weighted by molar-refractivity contribution is 7.63. The van der Waals surface area contributed by atoms with Crippen LogP contribution in [-0.2, 0) is 10.3 Å². The lowest BCUT2D eigenvalue weighted by Gasteiger charge is -2.00. The van der Waals surface area contributed by atoms with Crippen LogP contribution in [-0.4, -0.2) is 32.6 Å². The van der Waals surface area contributed by atoms with Crippen LogP contribution in [0.1, 0.15) is 0 Å². The average Bonchev–Trinajstić information content (AvgIpc) is 2.16. The molecule has 0 aliphatic rings. The van der Waals surface area contributed by atoms with E-state index in [0.29, 0.717) is 0 Å². The van der Waals surface area contributed by atoms with Crippen LogP contribution in [0, 0.1) is 4.77 Å². The number of nitrogens with zero attached hydrogens (tertiary/aromatic N) is 1. The quantitative estimate of drug-likeness (QED) is 0.677. The van der Waals surface area contributed by atoms with Crippen molar-refractivity contribution in [2.24, 2.45) is 0 Å². The van der Waals surface area contributed by atoms with Crippen LogP contribution in [0.5, 0.6) is 11.8 Å². The third-order valence-corrected chi connectivity index (χ3v) is 1.79. The summed E-state index contributed by atoms with van der Waals surface area (Å²) in [6.07, 6.45) is 0. The van der Waals surface area contributed by atoms with Gasteiger partial charge in [0.1, 0.15) is 0 Å². The van der Waals surface area contributed by atoms with Gasteiger partial charge < -0.3 is 9.47 Å². The molecule has 7 heteroatoms. The summed E-state index contributed by atoms with van der Waals surface area (Å²) < 4.78 is 30.4. The fraction of sp³-hybridized carbons (Fsp3) is 0.333. The normalized spacial score (nSPS) is 9.38. The Hall–Kier alpha value is -1.50. The summed E-state index contributed by atoms with van der Waals surface area (Å²) in [5, 5.41) is 0. The molecule has 0 atom stereocenters. The van der Waals surface area contributed by atoms with E-state index in [9.17, 15) is 8.42 Å². The summed E-state index contributed by atoms with van der Waals surface area (Å²) in [4.78, 5) is 6.07. The lowest BCUT2D eigenvalue weighted by molar-refractivity contribution is 0.370. The van der Waals surface area contributed by atoms with Crippen LogP contribution >= 0.6 is 0 Å². The topological polar surface area (TPSA) is 81.3 Å². The molecular formula is C6H8N2O4S. The minimum absolute atomic E-state index is 0.176. The van der Waals surface area contributed by atoms with Gasteiger partial charge >= 0.3 is 0 Å². The summed E-state index contributed by atoms with van der Waals surface area (Å²) >= 11 is 0. The molecule has 6 nitrogen and oxygen atoms in total. The van der Waals surface area contributed by atoms with E-state index in [0.717, 1.165) is 0 Å². The first-order valence-electron chi connectivity index (χ1n) is 3.29. The van der Waals surface area contributed by atoms with Gasteiger partial charge in [0.2, 0.25) is 5.88 Å². The molecule has 1 aromatic heterocycles. The zero-order valence-corrected chi connectivity index (χ0v) is 7.88. The Morgan fingerprint density at radius 1 is 1.38 bits per heavy atom. The number of H-pyrrole nitrogens is 1. The Kier molecular flexibility index (Phi) is 2.91. The molecule has 0 saturated carbocycles. The predicted molar refractivity (Wildman–Crippen MR) is 43.9 cm³/mol. The highest BCUT2D eigenvalue weighted by Crippen LogP contribution is 2.11. The van der Waals surface area contributed by atoms with E-state index in [2.05, 4.69) is 9.97 Å². The van der Waals surface area contributed by atoms with Gasteiger partial charge in [0, 0.05) is 0 Å². The standard InChI is InChI=1S/C6H8N2O4S/c1-11-4-3-5(12-2)8-6(7-4)13(9)10/h3,7H,1-2H3. The first kappa shape index (κ1) is 9.59. The fourth-order valence-corrected chi connectivity index (χ4v) is 1.06. The number of hydrogen-bond acceptors (Lipinski definition) is 5. The molecule has 0 spiro atoms. The molecule has 0 saturated heterocycles. The van der Waals surface area contributed by atoms with Crippen molar-refractivity contribution < 1.29 is 17.9 Å². The Bertz CT molecular complexity index is 429. The number of nitrogens with one attached hydrogen (secondary N) is 1. The van der Waals surface area contributed by atoms with E-state index in [1.165, 1.54) is 20.3 Å². The van der Waals surface area contributed by atoms with Crippen molar-refractivity contribution in [1.29, 1.82) is 0 Å².